The smallest absolute Gasteiger partial charge is 0.246 e. The number of fused-ring (bicyclic) bond motifs is 1. The molecule has 0 fully saturated rings. The molecule has 7 heteroatoms. The van der Waals surface area contributed by atoms with Gasteiger partial charge in [0.1, 0.15) is 13.2 Å². The first-order chi connectivity index (χ1) is 15.1. The first-order valence-corrected chi connectivity index (χ1v) is 10.3. The monoisotopic (exact) mass is 427 g/mol. The number of carbonyl (C=O) groups excluding carboxylic acids is 1. The number of methoxy groups -OCH3 is 2. The third-order valence-corrected chi connectivity index (χ3v) is 4.86. The van der Waals surface area contributed by atoms with Crippen LogP contribution in [0.15, 0.2) is 36.4 Å². The Bertz CT molecular complexity index is 923. The van der Waals surface area contributed by atoms with Gasteiger partial charge in [0.05, 0.1) is 20.8 Å². The van der Waals surface area contributed by atoms with E-state index in [4.69, 9.17) is 23.7 Å². The minimum Gasteiger partial charge on any atom is -0.493 e. The Morgan fingerprint density at radius 1 is 1.03 bits per heavy atom. The summed E-state index contributed by atoms with van der Waals surface area (Å²) in [6, 6.07) is 9.38. The number of likely N-dealkylation sites (N-methyl/N-ethyl adjacent to an activating group) is 1. The molecule has 31 heavy (non-hydrogen) atoms. The fourth-order valence-electron chi connectivity index (χ4n) is 3.31. The van der Waals surface area contributed by atoms with Gasteiger partial charge in [-0.05, 0) is 55.3 Å². The quantitative estimate of drug-likeness (QED) is 0.565. The third kappa shape index (κ3) is 5.42. The number of hydrogen-bond donors (Lipinski definition) is 0. The van der Waals surface area contributed by atoms with E-state index in [0.717, 1.165) is 11.1 Å². The lowest BCUT2D eigenvalue weighted by atomic mass is 10.1. The van der Waals surface area contributed by atoms with E-state index in [0.29, 0.717) is 61.7 Å². The van der Waals surface area contributed by atoms with Crippen molar-refractivity contribution in [3.8, 4) is 28.7 Å². The third-order valence-electron chi connectivity index (χ3n) is 4.86. The molecule has 1 heterocycles. The van der Waals surface area contributed by atoms with Crippen molar-refractivity contribution in [2.45, 2.75) is 20.4 Å². The minimum atomic E-state index is -0.0933. The highest BCUT2D eigenvalue weighted by Gasteiger charge is 2.18. The van der Waals surface area contributed by atoms with Crippen LogP contribution in [0.1, 0.15) is 25.0 Å². The van der Waals surface area contributed by atoms with E-state index in [1.54, 1.807) is 31.3 Å². The molecule has 0 bridgehead atoms. The molecule has 0 atom stereocenters. The summed E-state index contributed by atoms with van der Waals surface area (Å²) >= 11 is 0. The van der Waals surface area contributed by atoms with Crippen molar-refractivity contribution in [3.05, 3.63) is 47.5 Å². The molecule has 0 spiro atoms. The van der Waals surface area contributed by atoms with Crippen molar-refractivity contribution in [3.63, 3.8) is 0 Å². The minimum absolute atomic E-state index is 0.0933. The molecule has 1 aliphatic rings. The number of carbonyl (C=O) groups is 1. The van der Waals surface area contributed by atoms with Crippen molar-refractivity contribution < 1.29 is 28.5 Å². The van der Waals surface area contributed by atoms with E-state index >= 15 is 0 Å². The van der Waals surface area contributed by atoms with Gasteiger partial charge in [-0.15, -0.1) is 0 Å². The highest BCUT2D eigenvalue weighted by Crippen LogP contribution is 2.40. The zero-order valence-corrected chi connectivity index (χ0v) is 18.5. The summed E-state index contributed by atoms with van der Waals surface area (Å²) in [7, 11) is 3.19. The van der Waals surface area contributed by atoms with Crippen molar-refractivity contribution in [2.75, 3.05) is 40.6 Å². The number of nitrogens with zero attached hydrogens (tertiary/aromatic N) is 1. The number of rotatable bonds is 9. The second-order valence-electron chi connectivity index (χ2n) is 6.85. The molecule has 1 amide bonds. The average molecular weight is 427 g/mol. The maximum absolute atomic E-state index is 12.8. The Labute approximate surface area is 183 Å². The van der Waals surface area contributed by atoms with Gasteiger partial charge in [-0.3, -0.25) is 4.79 Å². The van der Waals surface area contributed by atoms with E-state index in [1.165, 1.54) is 0 Å². The van der Waals surface area contributed by atoms with Gasteiger partial charge in [-0.2, -0.15) is 0 Å². The Kier molecular flexibility index (Phi) is 7.65. The maximum atomic E-state index is 12.8. The van der Waals surface area contributed by atoms with E-state index < -0.39 is 0 Å². The lowest BCUT2D eigenvalue weighted by Crippen LogP contribution is -2.28. The van der Waals surface area contributed by atoms with Crippen LogP contribution in [0, 0.1) is 0 Å². The summed E-state index contributed by atoms with van der Waals surface area (Å²) in [6.07, 6.45) is 3.31. The molecule has 0 aliphatic carbocycles. The lowest BCUT2D eigenvalue weighted by Gasteiger charge is -2.21. The molecule has 0 aromatic heterocycles. The summed E-state index contributed by atoms with van der Waals surface area (Å²) in [5.74, 6) is 3.04. The molecule has 7 nitrogen and oxygen atoms in total. The van der Waals surface area contributed by atoms with E-state index in [-0.39, 0.29) is 5.91 Å². The van der Waals surface area contributed by atoms with Gasteiger partial charge in [-0.1, -0.05) is 6.07 Å². The molecule has 2 aromatic carbocycles. The number of amides is 1. The van der Waals surface area contributed by atoms with Crippen LogP contribution in [-0.2, 0) is 11.3 Å². The van der Waals surface area contributed by atoms with Gasteiger partial charge < -0.3 is 28.6 Å². The second-order valence-corrected chi connectivity index (χ2v) is 6.85. The lowest BCUT2D eigenvalue weighted by molar-refractivity contribution is -0.126. The highest BCUT2D eigenvalue weighted by molar-refractivity contribution is 5.92. The van der Waals surface area contributed by atoms with Crippen molar-refractivity contribution >= 4 is 12.0 Å². The van der Waals surface area contributed by atoms with Gasteiger partial charge in [0, 0.05) is 19.2 Å². The SMILES string of the molecule is CCOc1ccc(CN(CC)C(=O)/C=C/c2cc(OC)c3c(c2)OCCO3)cc1OC. The highest BCUT2D eigenvalue weighted by atomic mass is 16.6. The predicted octanol–water partition coefficient (Wildman–Crippen LogP) is 3.94. The molecule has 2 aromatic rings. The van der Waals surface area contributed by atoms with E-state index in [9.17, 15) is 4.79 Å². The molecule has 166 valence electrons. The van der Waals surface area contributed by atoms with Crippen molar-refractivity contribution in [2.24, 2.45) is 0 Å². The molecule has 0 N–H and O–H groups in total. The van der Waals surface area contributed by atoms with Crippen LogP contribution in [0.3, 0.4) is 0 Å². The Balaban J connectivity index is 1.73. The van der Waals surface area contributed by atoms with Crippen LogP contribution < -0.4 is 23.7 Å². The first-order valence-electron chi connectivity index (χ1n) is 10.3. The molecular weight excluding hydrogens is 398 g/mol. The van der Waals surface area contributed by atoms with Crippen LogP contribution in [0.2, 0.25) is 0 Å². The average Bonchev–Trinajstić information content (AvgIpc) is 2.81. The van der Waals surface area contributed by atoms with E-state index in [2.05, 4.69) is 0 Å². The predicted molar refractivity (Wildman–Crippen MR) is 118 cm³/mol. The molecule has 0 saturated heterocycles. The topological polar surface area (TPSA) is 66.5 Å². The summed E-state index contributed by atoms with van der Waals surface area (Å²) < 4.78 is 27.6. The summed E-state index contributed by atoms with van der Waals surface area (Å²) in [5.41, 5.74) is 1.76. The van der Waals surface area contributed by atoms with Gasteiger partial charge >= 0.3 is 0 Å². The van der Waals surface area contributed by atoms with Gasteiger partial charge in [-0.25, -0.2) is 0 Å². The van der Waals surface area contributed by atoms with Gasteiger partial charge in [0.15, 0.2) is 23.0 Å². The standard InChI is InChI=1S/C24H29NO6/c1-5-25(16-18-7-9-19(29-6-2)20(15-18)27-3)23(26)10-8-17-13-21(28-4)24-22(14-17)30-11-12-31-24/h7-10,13-15H,5-6,11-12,16H2,1-4H3/b10-8+. The molecule has 0 radical (unpaired) electrons. The molecule has 0 saturated carbocycles. The van der Waals surface area contributed by atoms with Crippen LogP contribution in [0.5, 0.6) is 28.7 Å². The molecule has 0 unspecified atom stereocenters. The summed E-state index contributed by atoms with van der Waals surface area (Å²) in [5, 5.41) is 0. The van der Waals surface area contributed by atoms with Crippen LogP contribution >= 0.6 is 0 Å². The molecular formula is C24H29NO6. The number of benzene rings is 2. The molecule has 1 aliphatic heterocycles. The maximum Gasteiger partial charge on any atom is 0.246 e. The zero-order chi connectivity index (χ0) is 22.2. The largest absolute Gasteiger partial charge is 0.493 e. The Hall–Kier alpha value is -3.35. The van der Waals surface area contributed by atoms with E-state index in [1.807, 2.05) is 44.2 Å². The zero-order valence-electron chi connectivity index (χ0n) is 18.5. The fourth-order valence-corrected chi connectivity index (χ4v) is 3.31. The van der Waals surface area contributed by atoms with Crippen LogP contribution in [0.25, 0.3) is 6.08 Å². The fraction of sp³-hybridized carbons (Fsp3) is 0.375. The van der Waals surface area contributed by atoms with Crippen molar-refractivity contribution in [1.82, 2.24) is 4.90 Å². The van der Waals surface area contributed by atoms with Gasteiger partial charge in [0.25, 0.3) is 0 Å². The number of ether oxygens (including phenoxy) is 5. The Morgan fingerprint density at radius 2 is 1.81 bits per heavy atom. The van der Waals surface area contributed by atoms with Crippen molar-refractivity contribution in [1.29, 1.82) is 0 Å². The van der Waals surface area contributed by atoms with Gasteiger partial charge in [0.2, 0.25) is 11.7 Å². The van der Waals surface area contributed by atoms with Crippen LogP contribution in [0.4, 0.5) is 0 Å². The molecule has 3 rings (SSSR count). The second kappa shape index (κ2) is 10.6. The van der Waals surface area contributed by atoms with Crippen LogP contribution in [-0.4, -0.2) is 51.4 Å². The summed E-state index contributed by atoms with van der Waals surface area (Å²) in [6.45, 7) is 6.44. The first kappa shape index (κ1) is 22.3. The normalized spacial score (nSPS) is 12.5. The summed E-state index contributed by atoms with van der Waals surface area (Å²) in [4.78, 5) is 14.6. The number of hydrogen-bond acceptors (Lipinski definition) is 6. The Morgan fingerprint density at radius 3 is 2.52 bits per heavy atom.